The van der Waals surface area contributed by atoms with Gasteiger partial charge in [-0.2, -0.15) is 0 Å². The van der Waals surface area contributed by atoms with Gasteiger partial charge in [0.25, 0.3) is 17.3 Å². The van der Waals surface area contributed by atoms with E-state index in [2.05, 4.69) is 0 Å². The third kappa shape index (κ3) is 12.8. The highest BCUT2D eigenvalue weighted by atomic mass is 16.6. The number of benzene rings is 2. The minimum atomic E-state index is -1.30. The normalized spacial score (nSPS) is 15.3. The van der Waals surface area contributed by atoms with Crippen LogP contribution in [0.1, 0.15) is 87.9 Å². The number of carboxylic acids is 1. The zero-order chi connectivity index (χ0) is 40.5. The van der Waals surface area contributed by atoms with E-state index in [-0.39, 0.29) is 52.5 Å². The molecule has 0 atom stereocenters. The van der Waals surface area contributed by atoms with Gasteiger partial charge in [0.1, 0.15) is 40.5 Å². The maximum Gasteiger partial charge on any atom is 0.410 e. The first-order valence-corrected chi connectivity index (χ1v) is 17.4. The number of hydrogen-bond donors (Lipinski definition) is 1. The molecule has 0 spiro atoms. The van der Waals surface area contributed by atoms with Crippen LogP contribution in [-0.2, 0) is 9.47 Å². The Kier molecular flexibility index (Phi) is 14.2. The second-order valence-corrected chi connectivity index (χ2v) is 14.9. The van der Waals surface area contributed by atoms with Gasteiger partial charge in [-0.15, -0.1) is 0 Å². The van der Waals surface area contributed by atoms with Gasteiger partial charge in [0.05, 0.1) is 15.4 Å². The number of nitrogens with zero attached hydrogens (tertiary/aromatic N) is 5. The number of carbonyl (C=O) groups is 4. The third-order valence-corrected chi connectivity index (χ3v) is 7.99. The average Bonchev–Trinajstić information content (AvgIpc) is 3.07. The van der Waals surface area contributed by atoms with Crippen LogP contribution in [0.3, 0.4) is 0 Å². The van der Waals surface area contributed by atoms with Gasteiger partial charge in [0.2, 0.25) is 0 Å². The van der Waals surface area contributed by atoms with Gasteiger partial charge in [-0.25, -0.2) is 14.4 Å². The summed E-state index contributed by atoms with van der Waals surface area (Å²) in [6.45, 7) is 12.6. The van der Waals surface area contributed by atoms with E-state index in [0.717, 1.165) is 6.07 Å². The van der Waals surface area contributed by atoms with E-state index in [4.69, 9.17) is 18.9 Å². The number of rotatable bonds is 8. The van der Waals surface area contributed by atoms with E-state index < -0.39 is 33.1 Å². The molecular weight excluding hydrogens is 710 g/mol. The summed E-state index contributed by atoms with van der Waals surface area (Å²) in [4.78, 5) is 73.1. The van der Waals surface area contributed by atoms with E-state index in [1.807, 2.05) is 20.8 Å². The first-order chi connectivity index (χ1) is 25.0. The second kappa shape index (κ2) is 17.9. The molecule has 1 N–H and O–H groups in total. The minimum absolute atomic E-state index is 0.0822. The molecule has 3 amide bonds. The second-order valence-electron chi connectivity index (χ2n) is 14.9. The molecule has 2 heterocycles. The highest BCUT2D eigenvalue weighted by molar-refractivity contribution is 5.97. The summed E-state index contributed by atoms with van der Waals surface area (Å²) in [5.41, 5.74) is -1.71. The maximum atomic E-state index is 12.4. The number of carboxylic acid groups (broad SMARTS) is 1. The number of piperidine rings is 2. The molecule has 2 aromatic rings. The Labute approximate surface area is 313 Å². The van der Waals surface area contributed by atoms with Crippen LogP contribution in [0.15, 0.2) is 36.4 Å². The lowest BCUT2D eigenvalue weighted by atomic mass is 10.1. The monoisotopic (exact) mass is 759 g/mol. The van der Waals surface area contributed by atoms with Crippen LogP contribution in [0, 0.1) is 20.2 Å². The van der Waals surface area contributed by atoms with Crippen molar-refractivity contribution in [2.24, 2.45) is 0 Å². The Balaban J connectivity index is 0.000000291. The zero-order valence-corrected chi connectivity index (χ0v) is 31.9. The van der Waals surface area contributed by atoms with Crippen molar-refractivity contribution in [1.29, 1.82) is 0 Å². The smallest absolute Gasteiger partial charge is 0.410 e. The van der Waals surface area contributed by atoms with E-state index >= 15 is 0 Å². The predicted octanol–water partition coefficient (Wildman–Crippen LogP) is 6.15. The van der Waals surface area contributed by atoms with Crippen LogP contribution in [-0.4, -0.2) is 117 Å². The van der Waals surface area contributed by atoms with E-state index in [1.165, 1.54) is 35.2 Å². The van der Waals surface area contributed by atoms with E-state index in [0.29, 0.717) is 57.6 Å². The summed E-state index contributed by atoms with van der Waals surface area (Å²) in [5, 5.41) is 31.1. The van der Waals surface area contributed by atoms with Crippen LogP contribution in [0.5, 0.6) is 11.5 Å². The summed E-state index contributed by atoms with van der Waals surface area (Å²) >= 11 is 0. The number of amides is 3. The summed E-state index contributed by atoms with van der Waals surface area (Å²) in [7, 11) is 3.15. The Hall–Kier alpha value is -5.68. The van der Waals surface area contributed by atoms with Crippen molar-refractivity contribution < 1.29 is 53.1 Å². The molecule has 2 saturated heterocycles. The molecule has 0 aliphatic carbocycles. The Morgan fingerprint density at radius 3 is 1.35 bits per heavy atom. The topological polar surface area (TPSA) is 221 Å². The Morgan fingerprint density at radius 2 is 1.04 bits per heavy atom. The van der Waals surface area contributed by atoms with Crippen molar-refractivity contribution in [3.05, 3.63) is 67.8 Å². The van der Waals surface area contributed by atoms with Crippen LogP contribution in [0.4, 0.5) is 21.0 Å². The van der Waals surface area contributed by atoms with Gasteiger partial charge in [-0.1, -0.05) is 0 Å². The minimum Gasteiger partial charge on any atom is -0.489 e. The standard InChI is InChI=1S/C19H27N3O6.C17H22N2O7/c1-19(2,3)28-18(24)21-10-8-14(9-11-21)27-16-7-6-13(22(25)26)12-15(16)17(23)20(4)5;1-17(2,3)26-16(22)18-8-6-12(7-9-18)25-14-5-4-11(19(23)24)10-13(14)15(20)21/h6-7,12,14H,8-11H2,1-5H3;4-5,10,12H,6-9H2,1-3H3,(H,20,21). The number of hydrogen-bond acceptors (Lipinski definition) is 12. The van der Waals surface area contributed by atoms with Gasteiger partial charge in [-0.3, -0.25) is 25.0 Å². The fraction of sp³-hybridized carbons (Fsp3) is 0.556. The molecule has 54 heavy (non-hydrogen) atoms. The number of nitro groups is 2. The first-order valence-electron chi connectivity index (χ1n) is 17.4. The summed E-state index contributed by atoms with van der Waals surface area (Å²) in [6, 6.07) is 7.48. The molecule has 4 rings (SSSR count). The lowest BCUT2D eigenvalue weighted by molar-refractivity contribution is -0.385. The van der Waals surface area contributed by atoms with Crippen molar-refractivity contribution >= 4 is 35.4 Å². The molecule has 0 radical (unpaired) electrons. The van der Waals surface area contributed by atoms with Gasteiger partial charge in [-0.05, 0) is 53.7 Å². The Morgan fingerprint density at radius 1 is 0.685 bits per heavy atom. The number of carbonyl (C=O) groups excluding carboxylic acids is 3. The van der Waals surface area contributed by atoms with Crippen LogP contribution in [0.2, 0.25) is 0 Å². The maximum absolute atomic E-state index is 12.4. The molecule has 18 nitrogen and oxygen atoms in total. The molecule has 0 bridgehead atoms. The van der Waals surface area contributed by atoms with Crippen LogP contribution in [0.25, 0.3) is 0 Å². The van der Waals surface area contributed by atoms with Crippen molar-refractivity contribution in [2.45, 2.75) is 90.6 Å². The average molecular weight is 760 g/mol. The highest BCUT2D eigenvalue weighted by Gasteiger charge is 2.31. The summed E-state index contributed by atoms with van der Waals surface area (Å²) in [6.07, 6.45) is 0.937. The Bertz CT molecular complexity index is 1700. The molecule has 2 fully saturated rings. The zero-order valence-electron chi connectivity index (χ0n) is 31.9. The number of non-ortho nitro benzene ring substituents is 2. The molecule has 2 aliphatic heterocycles. The number of nitro benzene ring substituents is 2. The van der Waals surface area contributed by atoms with Gasteiger partial charge >= 0.3 is 18.2 Å². The van der Waals surface area contributed by atoms with Crippen molar-refractivity contribution in [3.63, 3.8) is 0 Å². The lowest BCUT2D eigenvalue weighted by Crippen LogP contribution is -2.44. The van der Waals surface area contributed by atoms with E-state index in [9.17, 15) is 44.5 Å². The summed E-state index contributed by atoms with van der Waals surface area (Å²) < 4.78 is 22.4. The largest absolute Gasteiger partial charge is 0.489 e. The quantitative estimate of drug-likeness (QED) is 0.236. The fourth-order valence-corrected chi connectivity index (χ4v) is 5.37. The van der Waals surface area contributed by atoms with Gasteiger partial charge in [0.15, 0.2) is 0 Å². The molecular formula is C36H49N5O13. The molecule has 18 heteroatoms. The number of ether oxygens (including phenoxy) is 4. The number of aromatic carboxylic acids is 1. The molecule has 0 saturated carbocycles. The molecule has 0 aromatic heterocycles. The van der Waals surface area contributed by atoms with Crippen molar-refractivity contribution in [3.8, 4) is 11.5 Å². The molecule has 2 aliphatic rings. The molecule has 296 valence electrons. The SMILES string of the molecule is CC(C)(C)OC(=O)N1CCC(Oc2ccc([N+](=O)[O-])cc2C(=O)O)CC1.CN(C)C(=O)c1cc([N+](=O)[O-])ccc1OC1CCN(C(=O)OC(C)(C)C)CC1. The van der Waals surface area contributed by atoms with Crippen LogP contribution >= 0.6 is 0 Å². The third-order valence-electron chi connectivity index (χ3n) is 7.99. The van der Waals surface area contributed by atoms with Gasteiger partial charge < -0.3 is 38.8 Å². The molecule has 2 aromatic carbocycles. The fourth-order valence-electron chi connectivity index (χ4n) is 5.37. The van der Waals surface area contributed by atoms with E-state index in [1.54, 1.807) is 44.7 Å². The van der Waals surface area contributed by atoms with Crippen molar-refractivity contribution in [1.82, 2.24) is 14.7 Å². The van der Waals surface area contributed by atoms with Crippen LogP contribution < -0.4 is 9.47 Å². The first kappa shape index (κ1) is 42.7. The van der Waals surface area contributed by atoms with Crippen molar-refractivity contribution in [2.75, 3.05) is 40.3 Å². The molecule has 0 unspecified atom stereocenters. The number of likely N-dealkylation sites (tertiary alicyclic amines) is 2. The lowest BCUT2D eigenvalue weighted by Gasteiger charge is -2.33. The summed E-state index contributed by atoms with van der Waals surface area (Å²) in [5.74, 6) is -1.28. The predicted molar refractivity (Wildman–Crippen MR) is 194 cm³/mol. The van der Waals surface area contributed by atoms with Gasteiger partial charge in [0, 0.05) is 90.2 Å². The highest BCUT2D eigenvalue weighted by Crippen LogP contribution is 2.30.